The number of aryl methyl sites for hydroxylation is 1. The molecule has 172 valence electrons. The molecular formula is C23H25N5O4S. The monoisotopic (exact) mass is 467 g/mol. The van der Waals surface area contributed by atoms with Crippen molar-refractivity contribution in [2.45, 2.75) is 24.2 Å². The number of nitrogens with zero attached hydrogens (tertiary/aromatic N) is 2. The van der Waals surface area contributed by atoms with Gasteiger partial charge in [0.25, 0.3) is 0 Å². The van der Waals surface area contributed by atoms with Crippen LogP contribution in [0.1, 0.15) is 18.4 Å². The zero-order valence-corrected chi connectivity index (χ0v) is 19.0. The van der Waals surface area contributed by atoms with Gasteiger partial charge in [-0.15, -0.1) is 0 Å². The first kappa shape index (κ1) is 22.7. The van der Waals surface area contributed by atoms with Crippen LogP contribution in [0.15, 0.2) is 59.6 Å². The second-order valence-corrected chi connectivity index (χ2v) is 9.33. The Morgan fingerprint density at radius 1 is 1.12 bits per heavy atom. The number of ether oxygens (including phenoxy) is 1. The molecule has 0 unspecified atom stereocenters. The molecule has 2 aromatic carbocycles. The van der Waals surface area contributed by atoms with Crippen LogP contribution in [0, 0.1) is 0 Å². The first-order valence-electron chi connectivity index (χ1n) is 10.6. The molecule has 0 atom stereocenters. The molecule has 1 aromatic heterocycles. The van der Waals surface area contributed by atoms with Gasteiger partial charge < -0.3 is 15.4 Å². The molecule has 33 heavy (non-hydrogen) atoms. The summed E-state index contributed by atoms with van der Waals surface area (Å²) in [6.45, 7) is 0.829. The minimum absolute atomic E-state index is 0.184. The Morgan fingerprint density at radius 2 is 1.94 bits per heavy atom. The molecule has 0 saturated carbocycles. The lowest BCUT2D eigenvalue weighted by Crippen LogP contribution is -2.26. The zero-order chi connectivity index (χ0) is 23.3. The summed E-state index contributed by atoms with van der Waals surface area (Å²) in [6, 6.07) is 14.4. The maximum Gasteiger partial charge on any atom is 0.305 e. The predicted octanol–water partition coefficient (Wildman–Crippen LogP) is 3.09. The van der Waals surface area contributed by atoms with Gasteiger partial charge in [-0.3, -0.25) is 4.79 Å². The first-order valence-corrected chi connectivity index (χ1v) is 12.1. The SMILES string of the molecule is COC(=O)CCc1ccc(-c2cnc3nc2NCCCNS(=O)(=O)c2cccc(c2)N3)cc1. The third-order valence-corrected chi connectivity index (χ3v) is 6.70. The van der Waals surface area contributed by atoms with Gasteiger partial charge in [0.2, 0.25) is 16.0 Å². The number of hydrogen-bond donors (Lipinski definition) is 3. The summed E-state index contributed by atoms with van der Waals surface area (Å²) in [4.78, 5) is 20.6. The van der Waals surface area contributed by atoms with Crippen LogP contribution in [0.2, 0.25) is 0 Å². The summed E-state index contributed by atoms with van der Waals surface area (Å²) in [5.74, 6) is 0.768. The fraction of sp³-hybridized carbons (Fsp3) is 0.261. The van der Waals surface area contributed by atoms with E-state index in [-0.39, 0.29) is 10.9 Å². The topological polar surface area (TPSA) is 122 Å². The van der Waals surface area contributed by atoms with E-state index in [0.717, 1.165) is 16.7 Å². The normalized spacial score (nSPS) is 15.1. The van der Waals surface area contributed by atoms with Gasteiger partial charge >= 0.3 is 5.97 Å². The van der Waals surface area contributed by atoms with E-state index >= 15 is 0 Å². The van der Waals surface area contributed by atoms with Gasteiger partial charge in [-0.2, -0.15) is 4.98 Å². The summed E-state index contributed by atoms with van der Waals surface area (Å²) in [5, 5.41) is 6.38. The number of carbonyl (C=O) groups is 1. The molecular weight excluding hydrogens is 442 g/mol. The fourth-order valence-electron chi connectivity index (χ4n) is 3.44. The minimum atomic E-state index is -3.59. The molecule has 10 heteroatoms. The van der Waals surface area contributed by atoms with Crippen molar-refractivity contribution >= 4 is 33.4 Å². The molecule has 0 aliphatic carbocycles. The number of sulfonamides is 1. The Bertz CT molecular complexity index is 1250. The first-order chi connectivity index (χ1) is 15.9. The van der Waals surface area contributed by atoms with E-state index in [1.165, 1.54) is 7.11 Å². The summed E-state index contributed by atoms with van der Waals surface area (Å²) in [7, 11) is -2.21. The Morgan fingerprint density at radius 3 is 2.73 bits per heavy atom. The van der Waals surface area contributed by atoms with Crippen molar-refractivity contribution in [1.82, 2.24) is 14.7 Å². The number of nitrogens with one attached hydrogen (secondary N) is 3. The van der Waals surface area contributed by atoms with Gasteiger partial charge in [0.05, 0.1) is 12.0 Å². The number of hydrogen-bond acceptors (Lipinski definition) is 8. The molecule has 0 spiro atoms. The zero-order valence-electron chi connectivity index (χ0n) is 18.2. The van der Waals surface area contributed by atoms with Gasteiger partial charge in [0, 0.05) is 37.0 Å². The largest absolute Gasteiger partial charge is 0.469 e. The van der Waals surface area contributed by atoms with E-state index < -0.39 is 10.0 Å². The van der Waals surface area contributed by atoms with Crippen LogP contribution < -0.4 is 15.4 Å². The molecule has 1 aliphatic heterocycles. The van der Waals surface area contributed by atoms with Crippen LogP contribution in [0.25, 0.3) is 11.1 Å². The van der Waals surface area contributed by atoms with E-state index in [0.29, 0.717) is 49.8 Å². The molecule has 4 bridgehead atoms. The highest BCUT2D eigenvalue weighted by Gasteiger charge is 2.16. The lowest BCUT2D eigenvalue weighted by atomic mass is 10.0. The van der Waals surface area contributed by atoms with Crippen LogP contribution in [-0.4, -0.2) is 44.6 Å². The maximum atomic E-state index is 12.5. The van der Waals surface area contributed by atoms with Crippen molar-refractivity contribution in [3.8, 4) is 11.1 Å². The third kappa shape index (κ3) is 5.65. The molecule has 0 amide bonds. The van der Waals surface area contributed by atoms with Crippen LogP contribution in [0.4, 0.5) is 17.5 Å². The summed E-state index contributed by atoms with van der Waals surface area (Å²) in [6.07, 6.45) is 3.25. The molecule has 1 aliphatic rings. The standard InChI is InChI=1S/C23H25N5O4S/c1-32-21(29)11-8-16-6-9-17(10-7-16)20-15-25-23-27-18-4-2-5-19(14-18)33(30,31)26-13-3-12-24-22(20)28-23/h2,4-7,9-10,14-15,26H,3,8,11-13H2,1H3,(H2,24,25,27,28). The Hall–Kier alpha value is -3.50. The van der Waals surface area contributed by atoms with Crippen molar-refractivity contribution in [3.05, 3.63) is 60.3 Å². The molecule has 3 N–H and O–H groups in total. The van der Waals surface area contributed by atoms with Crippen LogP contribution in [-0.2, 0) is 26.0 Å². The summed E-state index contributed by atoms with van der Waals surface area (Å²) >= 11 is 0. The quantitative estimate of drug-likeness (QED) is 0.501. The number of esters is 1. The third-order valence-electron chi connectivity index (χ3n) is 5.24. The Balaban J connectivity index is 1.61. The van der Waals surface area contributed by atoms with E-state index in [9.17, 15) is 13.2 Å². The van der Waals surface area contributed by atoms with E-state index in [1.807, 2.05) is 24.3 Å². The van der Waals surface area contributed by atoms with Gasteiger partial charge in [0.15, 0.2) is 0 Å². The second kappa shape index (κ2) is 9.97. The van der Waals surface area contributed by atoms with Gasteiger partial charge in [-0.05, 0) is 42.2 Å². The average Bonchev–Trinajstić information content (AvgIpc) is 2.83. The Labute approximate surface area is 192 Å². The number of carbonyl (C=O) groups excluding carboxylic acids is 1. The summed E-state index contributed by atoms with van der Waals surface area (Å²) < 4.78 is 32.3. The highest BCUT2D eigenvalue weighted by atomic mass is 32.2. The van der Waals surface area contributed by atoms with Gasteiger partial charge in [-0.1, -0.05) is 30.3 Å². The van der Waals surface area contributed by atoms with Crippen molar-refractivity contribution in [2.75, 3.05) is 30.8 Å². The van der Waals surface area contributed by atoms with Crippen LogP contribution in [0.3, 0.4) is 0 Å². The van der Waals surface area contributed by atoms with E-state index in [1.54, 1.807) is 30.5 Å². The van der Waals surface area contributed by atoms with Crippen LogP contribution in [0.5, 0.6) is 0 Å². The molecule has 0 saturated heterocycles. The van der Waals surface area contributed by atoms with Crippen LogP contribution >= 0.6 is 0 Å². The molecule has 4 rings (SSSR count). The number of fused-ring (bicyclic) bond motifs is 4. The highest BCUT2D eigenvalue weighted by molar-refractivity contribution is 7.89. The maximum absolute atomic E-state index is 12.5. The lowest BCUT2D eigenvalue weighted by molar-refractivity contribution is -0.140. The van der Waals surface area contributed by atoms with Gasteiger partial charge in [-0.25, -0.2) is 18.1 Å². The molecule has 0 radical (unpaired) electrons. The summed E-state index contributed by atoms with van der Waals surface area (Å²) in [5.41, 5.74) is 3.36. The fourth-order valence-corrected chi connectivity index (χ4v) is 4.56. The minimum Gasteiger partial charge on any atom is -0.469 e. The van der Waals surface area contributed by atoms with Crippen molar-refractivity contribution in [2.24, 2.45) is 0 Å². The predicted molar refractivity (Wildman–Crippen MR) is 126 cm³/mol. The Kier molecular flexibility index (Phi) is 6.85. The smallest absolute Gasteiger partial charge is 0.305 e. The van der Waals surface area contributed by atoms with E-state index in [4.69, 9.17) is 4.74 Å². The number of methoxy groups -OCH3 is 1. The molecule has 0 fully saturated rings. The second-order valence-electron chi connectivity index (χ2n) is 7.56. The lowest BCUT2D eigenvalue weighted by Gasteiger charge is -2.13. The van der Waals surface area contributed by atoms with E-state index in [2.05, 4.69) is 25.3 Å². The van der Waals surface area contributed by atoms with Gasteiger partial charge in [0.1, 0.15) is 5.82 Å². The number of anilines is 3. The molecule has 3 aromatic rings. The molecule has 2 heterocycles. The van der Waals surface area contributed by atoms with Crippen molar-refractivity contribution in [1.29, 1.82) is 0 Å². The number of rotatable bonds is 4. The molecule has 9 nitrogen and oxygen atoms in total. The van der Waals surface area contributed by atoms with Crippen molar-refractivity contribution < 1.29 is 17.9 Å². The van der Waals surface area contributed by atoms with Crippen molar-refractivity contribution in [3.63, 3.8) is 0 Å². The highest BCUT2D eigenvalue weighted by Crippen LogP contribution is 2.28. The average molecular weight is 468 g/mol. The number of benzene rings is 2. The number of aromatic nitrogens is 2.